The summed E-state index contributed by atoms with van der Waals surface area (Å²) in [6.45, 7) is 1.57. The predicted molar refractivity (Wildman–Crippen MR) is 88.7 cm³/mol. The van der Waals surface area contributed by atoms with Gasteiger partial charge < -0.3 is 5.11 Å². The number of rotatable bonds is 5. The van der Waals surface area contributed by atoms with Gasteiger partial charge in [0.25, 0.3) is 5.69 Å². The fourth-order valence-electron chi connectivity index (χ4n) is 1.88. The number of benzene rings is 2. The molecule has 0 aliphatic rings. The van der Waals surface area contributed by atoms with Gasteiger partial charge in [-0.2, -0.15) is 5.10 Å². The van der Waals surface area contributed by atoms with Crippen LogP contribution in [0.1, 0.15) is 12.5 Å². The smallest absolute Gasteiger partial charge is 0.301 e. The van der Waals surface area contributed by atoms with Crippen LogP contribution in [-0.2, 0) is 0 Å². The van der Waals surface area contributed by atoms with E-state index in [1.807, 2.05) is 0 Å². The molecule has 2 aromatic rings. The zero-order valence-corrected chi connectivity index (χ0v) is 13.0. The van der Waals surface area contributed by atoms with Crippen molar-refractivity contribution in [2.24, 2.45) is 5.10 Å². The van der Waals surface area contributed by atoms with E-state index in [0.29, 0.717) is 16.3 Å². The van der Waals surface area contributed by atoms with Crippen LogP contribution in [0.3, 0.4) is 0 Å². The largest absolute Gasteiger partial charge is 0.507 e. The van der Waals surface area contributed by atoms with Crippen LogP contribution in [0.2, 0.25) is 5.02 Å². The highest BCUT2D eigenvalue weighted by Crippen LogP contribution is 2.29. The number of hydrazone groups is 1. The zero-order valence-electron chi connectivity index (χ0n) is 12.3. The first-order valence-corrected chi connectivity index (χ1v) is 6.89. The fourth-order valence-corrected chi connectivity index (χ4v) is 2.05. The zero-order chi connectivity index (χ0) is 17.9. The highest BCUT2D eigenvalue weighted by atomic mass is 35.5. The minimum Gasteiger partial charge on any atom is -0.507 e. The average Bonchev–Trinajstić information content (AvgIpc) is 2.54. The van der Waals surface area contributed by atoms with Crippen LogP contribution in [-0.4, -0.2) is 20.7 Å². The molecular weight excluding hydrogens is 340 g/mol. The lowest BCUT2D eigenvalue weighted by Crippen LogP contribution is -2.02. The summed E-state index contributed by atoms with van der Waals surface area (Å²) in [5.74, 6) is -0.0550. The van der Waals surface area contributed by atoms with E-state index in [2.05, 4.69) is 10.5 Å². The number of nitro groups is 2. The van der Waals surface area contributed by atoms with E-state index in [-0.39, 0.29) is 11.4 Å². The number of nitro benzene ring substituents is 2. The van der Waals surface area contributed by atoms with Gasteiger partial charge in [0, 0.05) is 16.7 Å². The van der Waals surface area contributed by atoms with Crippen molar-refractivity contribution in [3.8, 4) is 5.75 Å². The molecule has 2 rings (SSSR count). The highest BCUT2D eigenvalue weighted by Gasteiger charge is 2.19. The number of nitrogens with zero attached hydrogens (tertiary/aromatic N) is 3. The molecule has 0 saturated heterocycles. The van der Waals surface area contributed by atoms with E-state index in [1.165, 1.54) is 24.3 Å². The maximum Gasteiger partial charge on any atom is 0.301 e. The van der Waals surface area contributed by atoms with E-state index < -0.39 is 21.2 Å². The van der Waals surface area contributed by atoms with Crippen molar-refractivity contribution in [3.05, 3.63) is 67.2 Å². The molecule has 0 radical (unpaired) electrons. The molecule has 0 saturated carbocycles. The third-order valence-electron chi connectivity index (χ3n) is 3.08. The van der Waals surface area contributed by atoms with Gasteiger partial charge in [-0.1, -0.05) is 11.6 Å². The van der Waals surface area contributed by atoms with E-state index in [1.54, 1.807) is 6.92 Å². The van der Waals surface area contributed by atoms with Gasteiger partial charge in [0.2, 0.25) is 0 Å². The van der Waals surface area contributed by atoms with E-state index in [0.717, 1.165) is 12.1 Å². The number of aromatic hydroxyl groups is 1. The molecule has 0 spiro atoms. The Bertz CT molecular complexity index is 853. The molecule has 0 aliphatic carbocycles. The van der Waals surface area contributed by atoms with Gasteiger partial charge in [0.05, 0.1) is 21.6 Å². The first-order valence-electron chi connectivity index (χ1n) is 6.51. The van der Waals surface area contributed by atoms with Crippen LogP contribution in [0.5, 0.6) is 5.75 Å². The second-order valence-corrected chi connectivity index (χ2v) is 5.12. The number of halogens is 1. The van der Waals surface area contributed by atoms with Crippen LogP contribution in [0.25, 0.3) is 0 Å². The Labute approximate surface area is 140 Å². The van der Waals surface area contributed by atoms with Gasteiger partial charge >= 0.3 is 5.69 Å². The van der Waals surface area contributed by atoms with Crippen LogP contribution < -0.4 is 5.43 Å². The Balaban J connectivity index is 2.35. The Morgan fingerprint density at radius 1 is 1.17 bits per heavy atom. The maximum atomic E-state index is 11.0. The summed E-state index contributed by atoms with van der Waals surface area (Å²) in [5.41, 5.74) is 2.23. The van der Waals surface area contributed by atoms with Gasteiger partial charge in [-0.25, -0.2) is 0 Å². The number of non-ortho nitro benzene ring substituents is 1. The standard InChI is InChI=1S/C14H11ClN4O5/c1-8(11-6-9(15)2-5-14(11)20)16-17-12-4-3-10(18(21)22)7-13(12)19(23)24/h2-7,17,20H,1H3/b16-8+. The van der Waals surface area contributed by atoms with Gasteiger partial charge in [-0.05, 0) is 31.2 Å². The molecule has 0 aromatic heterocycles. The second kappa shape index (κ2) is 6.92. The molecule has 0 amide bonds. The van der Waals surface area contributed by atoms with Gasteiger partial charge in [0.15, 0.2) is 0 Å². The van der Waals surface area contributed by atoms with Gasteiger partial charge in [0.1, 0.15) is 11.4 Å². The molecular formula is C14H11ClN4O5. The average molecular weight is 351 g/mol. The lowest BCUT2D eigenvalue weighted by Gasteiger charge is -2.06. The minimum atomic E-state index is -0.753. The molecule has 124 valence electrons. The number of nitrogens with one attached hydrogen (secondary N) is 1. The van der Waals surface area contributed by atoms with Crippen molar-refractivity contribution in [2.75, 3.05) is 5.43 Å². The molecule has 0 unspecified atom stereocenters. The SMILES string of the molecule is C/C(=N\Nc1ccc([N+](=O)[O-])cc1[N+](=O)[O-])c1cc(Cl)ccc1O. The number of phenols is 1. The van der Waals surface area contributed by atoms with Gasteiger partial charge in [-0.3, -0.25) is 25.7 Å². The van der Waals surface area contributed by atoms with Crippen molar-refractivity contribution >= 4 is 34.4 Å². The summed E-state index contributed by atoms with van der Waals surface area (Å²) in [7, 11) is 0. The van der Waals surface area contributed by atoms with E-state index >= 15 is 0 Å². The summed E-state index contributed by atoms with van der Waals surface area (Å²) in [6.07, 6.45) is 0. The topological polar surface area (TPSA) is 131 Å². The lowest BCUT2D eigenvalue weighted by atomic mass is 10.1. The number of anilines is 1. The van der Waals surface area contributed by atoms with Crippen LogP contribution in [0.15, 0.2) is 41.5 Å². The third-order valence-corrected chi connectivity index (χ3v) is 3.32. The third kappa shape index (κ3) is 3.76. The Morgan fingerprint density at radius 3 is 2.50 bits per heavy atom. The minimum absolute atomic E-state index is 0.0218. The summed E-state index contributed by atoms with van der Waals surface area (Å²) < 4.78 is 0. The molecule has 2 aromatic carbocycles. The molecule has 10 heteroatoms. The Hall–Kier alpha value is -3.20. The molecule has 0 fully saturated rings. The molecule has 2 N–H and O–H groups in total. The normalized spacial score (nSPS) is 11.2. The lowest BCUT2D eigenvalue weighted by molar-refractivity contribution is -0.393. The summed E-state index contributed by atoms with van der Waals surface area (Å²) in [6, 6.07) is 7.53. The van der Waals surface area contributed by atoms with Crippen LogP contribution in [0, 0.1) is 20.2 Å². The maximum absolute atomic E-state index is 11.0. The number of hydrogen-bond donors (Lipinski definition) is 2. The molecule has 9 nitrogen and oxygen atoms in total. The predicted octanol–water partition coefficient (Wildman–Crippen LogP) is 3.70. The van der Waals surface area contributed by atoms with E-state index in [4.69, 9.17) is 11.6 Å². The molecule has 0 atom stereocenters. The summed E-state index contributed by atoms with van der Waals surface area (Å²) >= 11 is 5.85. The Morgan fingerprint density at radius 2 is 1.88 bits per heavy atom. The van der Waals surface area contributed by atoms with Crippen LogP contribution >= 0.6 is 11.6 Å². The van der Waals surface area contributed by atoms with E-state index in [9.17, 15) is 25.3 Å². The van der Waals surface area contributed by atoms with Crippen molar-refractivity contribution < 1.29 is 15.0 Å². The van der Waals surface area contributed by atoms with Crippen molar-refractivity contribution in [2.45, 2.75) is 6.92 Å². The first-order chi connectivity index (χ1) is 11.3. The second-order valence-electron chi connectivity index (χ2n) is 4.69. The van der Waals surface area contributed by atoms with Crippen molar-refractivity contribution in [3.63, 3.8) is 0 Å². The summed E-state index contributed by atoms with van der Waals surface area (Å²) in [5, 5.41) is 35.9. The monoisotopic (exact) mass is 350 g/mol. The summed E-state index contributed by atoms with van der Waals surface area (Å²) in [4.78, 5) is 20.3. The number of phenolic OH excluding ortho intramolecular Hbond substituents is 1. The fraction of sp³-hybridized carbons (Fsp3) is 0.0714. The van der Waals surface area contributed by atoms with Gasteiger partial charge in [-0.15, -0.1) is 0 Å². The molecule has 0 aliphatic heterocycles. The quantitative estimate of drug-likeness (QED) is 0.480. The number of hydrogen-bond acceptors (Lipinski definition) is 7. The van der Waals surface area contributed by atoms with Crippen LogP contribution in [0.4, 0.5) is 17.1 Å². The Kier molecular flexibility index (Phi) is 4.95. The van der Waals surface area contributed by atoms with Crippen molar-refractivity contribution in [1.82, 2.24) is 0 Å². The molecule has 24 heavy (non-hydrogen) atoms. The first kappa shape index (κ1) is 17.2. The molecule has 0 bridgehead atoms. The van der Waals surface area contributed by atoms with Crippen molar-refractivity contribution in [1.29, 1.82) is 0 Å². The molecule has 0 heterocycles. The highest BCUT2D eigenvalue weighted by molar-refractivity contribution is 6.31.